The number of halogens is 4. The first-order valence-electron chi connectivity index (χ1n) is 3.22. The maximum Gasteiger partial charge on any atom is 0.523 e. The highest BCUT2D eigenvalue weighted by molar-refractivity contribution is 9.09. The van der Waals surface area contributed by atoms with Crippen LogP contribution in [0.25, 0.3) is 0 Å². The van der Waals surface area contributed by atoms with Crippen molar-refractivity contribution in [1.29, 1.82) is 0 Å². The lowest BCUT2D eigenvalue weighted by molar-refractivity contribution is -0.320. The van der Waals surface area contributed by atoms with E-state index in [9.17, 15) is 13.2 Å². The van der Waals surface area contributed by atoms with Crippen LogP contribution in [0.15, 0.2) is 0 Å². The van der Waals surface area contributed by atoms with Gasteiger partial charge in [0.15, 0.2) is 0 Å². The van der Waals surface area contributed by atoms with Crippen LogP contribution >= 0.6 is 15.9 Å². The van der Waals surface area contributed by atoms with Gasteiger partial charge in [0.25, 0.3) is 0 Å². The van der Waals surface area contributed by atoms with Crippen molar-refractivity contribution in [3.8, 4) is 0 Å². The lowest BCUT2D eigenvalue weighted by atomic mass is 10.3. The van der Waals surface area contributed by atoms with Crippen LogP contribution in [0.4, 0.5) is 13.2 Å². The summed E-state index contributed by atoms with van der Waals surface area (Å²) in [4.78, 5) is 0.153. The monoisotopic (exact) mass is 231 g/mol. The van der Waals surface area contributed by atoms with Crippen LogP contribution in [0.5, 0.6) is 0 Å². The zero-order valence-corrected chi connectivity index (χ0v) is 7.20. The van der Waals surface area contributed by atoms with E-state index in [-0.39, 0.29) is 10.9 Å². The molecule has 1 rings (SSSR count). The fourth-order valence-electron chi connectivity index (χ4n) is 1.03. The molecular weight excluding hydrogens is 225 g/mol. The second-order valence-corrected chi connectivity index (χ2v) is 3.72. The van der Waals surface area contributed by atoms with Gasteiger partial charge in [-0.1, -0.05) is 15.9 Å². The first kappa shape index (κ1) is 9.32. The van der Waals surface area contributed by atoms with E-state index in [0.29, 0.717) is 12.8 Å². The molecule has 0 N–H and O–H groups in total. The average molecular weight is 232 g/mol. The molecule has 1 aliphatic carbocycles. The van der Waals surface area contributed by atoms with Crippen molar-refractivity contribution >= 4 is 15.9 Å². The summed E-state index contributed by atoms with van der Waals surface area (Å²) in [6.45, 7) is 0. The molecule has 0 amide bonds. The van der Waals surface area contributed by atoms with Gasteiger partial charge in [0, 0.05) is 4.83 Å². The molecule has 0 aromatic heterocycles. The molecule has 1 saturated carbocycles. The first-order valence-corrected chi connectivity index (χ1v) is 4.13. The maximum atomic E-state index is 11.6. The van der Waals surface area contributed by atoms with Crippen LogP contribution in [0, 0.1) is 6.10 Å². The Kier molecular flexibility index (Phi) is 2.80. The summed E-state index contributed by atoms with van der Waals surface area (Å²) in [5.74, 6) is 0. The molecular formula is C6H7BrF3O. The van der Waals surface area contributed by atoms with Crippen LogP contribution in [0.1, 0.15) is 19.3 Å². The minimum absolute atomic E-state index is 0.138. The SMILES string of the molecule is FC(F)(F)O[C]1CC[C@H](Br)C1. The van der Waals surface area contributed by atoms with E-state index in [2.05, 4.69) is 20.7 Å². The number of alkyl halides is 4. The lowest BCUT2D eigenvalue weighted by Crippen LogP contribution is -2.16. The molecule has 1 fully saturated rings. The highest BCUT2D eigenvalue weighted by atomic mass is 79.9. The van der Waals surface area contributed by atoms with Crippen molar-refractivity contribution in [2.24, 2.45) is 0 Å². The quantitative estimate of drug-likeness (QED) is 0.631. The second kappa shape index (κ2) is 3.31. The molecule has 11 heavy (non-hydrogen) atoms. The molecule has 0 aromatic rings. The van der Waals surface area contributed by atoms with Crippen molar-refractivity contribution in [1.82, 2.24) is 0 Å². The second-order valence-electron chi connectivity index (χ2n) is 2.43. The van der Waals surface area contributed by atoms with Crippen LogP contribution < -0.4 is 0 Å². The lowest BCUT2D eigenvalue weighted by Gasteiger charge is -2.11. The van der Waals surface area contributed by atoms with Gasteiger partial charge in [-0.3, -0.25) is 4.74 Å². The molecule has 0 spiro atoms. The molecule has 1 aliphatic rings. The van der Waals surface area contributed by atoms with Crippen LogP contribution in [0.2, 0.25) is 0 Å². The highest BCUT2D eigenvalue weighted by Crippen LogP contribution is 2.37. The van der Waals surface area contributed by atoms with Crippen molar-refractivity contribution in [2.75, 3.05) is 0 Å². The summed E-state index contributed by atoms with van der Waals surface area (Å²) in [6, 6.07) is 0. The standard InChI is InChI=1S/C6H7BrF3O/c7-4-1-2-5(3-4)11-6(8,9)10/h4H,1-3H2/t4-/m0/s1. The van der Waals surface area contributed by atoms with E-state index in [4.69, 9.17) is 0 Å². The highest BCUT2D eigenvalue weighted by Gasteiger charge is 2.37. The molecule has 0 unspecified atom stereocenters. The van der Waals surface area contributed by atoms with Crippen LogP contribution in [0.3, 0.4) is 0 Å². The summed E-state index contributed by atoms with van der Waals surface area (Å²) in [7, 11) is 0. The minimum Gasteiger partial charge on any atom is -0.282 e. The van der Waals surface area contributed by atoms with Crippen molar-refractivity contribution in [2.45, 2.75) is 30.5 Å². The predicted molar refractivity (Wildman–Crippen MR) is 36.9 cm³/mol. The van der Waals surface area contributed by atoms with Gasteiger partial charge in [0.2, 0.25) is 0 Å². The molecule has 0 saturated heterocycles. The molecule has 5 heteroatoms. The smallest absolute Gasteiger partial charge is 0.282 e. The van der Waals surface area contributed by atoms with E-state index >= 15 is 0 Å². The van der Waals surface area contributed by atoms with E-state index < -0.39 is 6.36 Å². The van der Waals surface area contributed by atoms with Crippen molar-refractivity contribution in [3.05, 3.63) is 6.10 Å². The average Bonchev–Trinajstić information content (AvgIpc) is 2.10. The van der Waals surface area contributed by atoms with Gasteiger partial charge in [0.05, 0.1) is 0 Å². The Hall–Kier alpha value is 0.230. The summed E-state index contributed by atoms with van der Waals surface area (Å²) >= 11 is 3.22. The first-order chi connectivity index (χ1) is 4.97. The topological polar surface area (TPSA) is 9.23 Å². The van der Waals surface area contributed by atoms with E-state index in [0.717, 1.165) is 6.42 Å². The molecule has 65 valence electrons. The van der Waals surface area contributed by atoms with Crippen molar-refractivity contribution < 1.29 is 17.9 Å². The molecule has 1 radical (unpaired) electrons. The number of ether oxygens (including phenoxy) is 1. The third kappa shape index (κ3) is 3.42. The zero-order chi connectivity index (χ0) is 8.48. The van der Waals surface area contributed by atoms with Gasteiger partial charge in [-0.25, -0.2) is 0 Å². The fraction of sp³-hybridized carbons (Fsp3) is 0.833. The summed E-state index contributed by atoms with van der Waals surface area (Å²) in [5, 5.41) is 0. The predicted octanol–water partition coefficient (Wildman–Crippen LogP) is 3.00. The van der Waals surface area contributed by atoms with Gasteiger partial charge in [-0.15, -0.1) is 13.2 Å². The zero-order valence-electron chi connectivity index (χ0n) is 5.62. The van der Waals surface area contributed by atoms with Gasteiger partial charge in [0.1, 0.15) is 6.10 Å². The fourth-order valence-corrected chi connectivity index (χ4v) is 1.62. The minimum atomic E-state index is -4.51. The van der Waals surface area contributed by atoms with Crippen LogP contribution in [-0.4, -0.2) is 11.2 Å². The largest absolute Gasteiger partial charge is 0.523 e. The van der Waals surface area contributed by atoms with Gasteiger partial charge >= 0.3 is 6.36 Å². The normalized spacial score (nSPS) is 27.8. The Morgan fingerprint density at radius 2 is 2.09 bits per heavy atom. The number of rotatable bonds is 1. The molecule has 1 atom stereocenters. The van der Waals surface area contributed by atoms with Crippen molar-refractivity contribution in [3.63, 3.8) is 0 Å². The Morgan fingerprint density at radius 1 is 1.45 bits per heavy atom. The van der Waals surface area contributed by atoms with E-state index in [1.807, 2.05) is 0 Å². The van der Waals surface area contributed by atoms with E-state index in [1.54, 1.807) is 0 Å². The van der Waals surface area contributed by atoms with E-state index in [1.165, 1.54) is 0 Å². The van der Waals surface area contributed by atoms with Gasteiger partial charge in [-0.2, -0.15) is 0 Å². The Labute approximate surface area is 71.0 Å². The molecule has 0 aliphatic heterocycles. The summed E-state index contributed by atoms with van der Waals surface area (Å²) in [5.41, 5.74) is 0. The Morgan fingerprint density at radius 3 is 2.45 bits per heavy atom. The molecule has 0 aromatic carbocycles. The molecule has 0 bridgehead atoms. The van der Waals surface area contributed by atoms with Gasteiger partial charge in [-0.05, 0) is 19.3 Å². The maximum absolute atomic E-state index is 11.6. The number of hydrogen-bond acceptors (Lipinski definition) is 1. The third-order valence-electron chi connectivity index (χ3n) is 1.45. The number of hydrogen-bond donors (Lipinski definition) is 0. The summed E-state index contributed by atoms with van der Waals surface area (Å²) < 4.78 is 38.5. The third-order valence-corrected chi connectivity index (χ3v) is 2.23. The molecule has 1 nitrogen and oxygen atoms in total. The Bertz CT molecular complexity index is 136. The van der Waals surface area contributed by atoms with Crippen LogP contribution in [-0.2, 0) is 4.74 Å². The Balaban J connectivity index is 2.29. The van der Waals surface area contributed by atoms with Gasteiger partial charge < -0.3 is 0 Å². The summed E-state index contributed by atoms with van der Waals surface area (Å²) in [6.07, 6.45) is -2.85. The molecule has 0 heterocycles.